The first kappa shape index (κ1) is 18.8. The summed E-state index contributed by atoms with van der Waals surface area (Å²) in [6.07, 6.45) is 0.725. The third-order valence-corrected chi connectivity index (χ3v) is 3.82. The lowest BCUT2D eigenvalue weighted by Crippen LogP contribution is -2.37. The van der Waals surface area contributed by atoms with Gasteiger partial charge in [-0.25, -0.2) is 0 Å². The summed E-state index contributed by atoms with van der Waals surface area (Å²) in [5.41, 5.74) is 0.467. The number of aliphatic hydroxyl groups excluding tert-OH is 1. The number of anilines is 2. The monoisotopic (exact) mass is 375 g/mol. The highest BCUT2D eigenvalue weighted by Gasteiger charge is 2.18. The van der Waals surface area contributed by atoms with Gasteiger partial charge in [0.15, 0.2) is 11.5 Å². The quantitative estimate of drug-likeness (QED) is 0.639. The van der Waals surface area contributed by atoms with E-state index in [1.165, 1.54) is 7.11 Å². The van der Waals surface area contributed by atoms with Gasteiger partial charge in [-0.2, -0.15) is 15.0 Å². The fraction of sp³-hybridized carbons (Fsp3) is 0.412. The van der Waals surface area contributed by atoms with Crippen molar-refractivity contribution in [2.24, 2.45) is 0 Å². The van der Waals surface area contributed by atoms with Crippen LogP contribution in [-0.2, 0) is 4.74 Å². The Balaban J connectivity index is 1.90. The van der Waals surface area contributed by atoms with Crippen LogP contribution in [0.25, 0.3) is 0 Å². The van der Waals surface area contributed by atoms with Gasteiger partial charge in [0.25, 0.3) is 0 Å². The number of nitrogens with one attached hydrogen (secondary N) is 1. The highest BCUT2D eigenvalue weighted by molar-refractivity contribution is 5.76. The third kappa shape index (κ3) is 4.80. The summed E-state index contributed by atoms with van der Waals surface area (Å²) in [6.45, 7) is 2.71. The number of aldehydes is 1. The Bertz CT molecular complexity index is 782. The fourth-order valence-corrected chi connectivity index (χ4v) is 2.48. The molecular weight excluding hydrogens is 354 g/mol. The van der Waals surface area contributed by atoms with Crippen LogP contribution in [0.3, 0.4) is 0 Å². The van der Waals surface area contributed by atoms with Crippen LogP contribution in [-0.4, -0.2) is 72.9 Å². The molecule has 0 spiro atoms. The first-order valence-electron chi connectivity index (χ1n) is 8.48. The number of ether oxygens (including phenoxy) is 3. The van der Waals surface area contributed by atoms with Crippen molar-refractivity contribution < 1.29 is 24.1 Å². The molecule has 1 aromatic carbocycles. The number of hydrogen-bond acceptors (Lipinski definition) is 10. The van der Waals surface area contributed by atoms with Crippen molar-refractivity contribution in [3.63, 3.8) is 0 Å². The number of morpholine rings is 1. The summed E-state index contributed by atoms with van der Waals surface area (Å²) < 4.78 is 16.4. The van der Waals surface area contributed by atoms with Crippen LogP contribution < -0.4 is 19.7 Å². The maximum absolute atomic E-state index is 10.9. The lowest BCUT2D eigenvalue weighted by Gasteiger charge is -2.27. The van der Waals surface area contributed by atoms with E-state index in [0.29, 0.717) is 61.8 Å². The number of carbonyl (C=O) groups excluding carboxylic acids is 1. The number of methoxy groups -OCH3 is 1. The lowest BCUT2D eigenvalue weighted by molar-refractivity contribution is 0.112. The predicted octanol–water partition coefficient (Wildman–Crippen LogP) is 0.726. The van der Waals surface area contributed by atoms with Gasteiger partial charge in [0.05, 0.1) is 26.9 Å². The normalized spacial score (nSPS) is 13.9. The van der Waals surface area contributed by atoms with Crippen LogP contribution in [0.2, 0.25) is 0 Å². The van der Waals surface area contributed by atoms with Gasteiger partial charge < -0.3 is 29.5 Å². The van der Waals surface area contributed by atoms with Crippen LogP contribution in [0.5, 0.6) is 17.5 Å². The van der Waals surface area contributed by atoms with Crippen molar-refractivity contribution in [2.45, 2.75) is 0 Å². The Kier molecular flexibility index (Phi) is 6.34. The summed E-state index contributed by atoms with van der Waals surface area (Å²) in [5, 5.41) is 12.0. The second kappa shape index (κ2) is 9.10. The van der Waals surface area contributed by atoms with Crippen LogP contribution in [0, 0.1) is 0 Å². The molecule has 1 aliphatic heterocycles. The fourth-order valence-electron chi connectivity index (χ4n) is 2.48. The highest BCUT2D eigenvalue weighted by atomic mass is 16.5. The van der Waals surface area contributed by atoms with E-state index >= 15 is 0 Å². The minimum Gasteiger partial charge on any atom is -0.493 e. The molecule has 3 rings (SSSR count). The molecular formula is C17H21N5O5. The summed E-state index contributed by atoms with van der Waals surface area (Å²) in [7, 11) is 1.48. The van der Waals surface area contributed by atoms with Crippen LogP contribution >= 0.6 is 0 Å². The Morgan fingerprint density at radius 2 is 2.07 bits per heavy atom. The standard InChI is InChI=1S/C17H21N5O5/c1-25-14-10-12(11-24)2-3-13(14)27-17-20-15(18-4-7-23)19-16(21-17)22-5-8-26-9-6-22/h2-3,10-11,23H,4-9H2,1H3,(H,18,19,20,21). The van der Waals surface area contributed by atoms with E-state index in [1.807, 2.05) is 4.90 Å². The van der Waals surface area contributed by atoms with Crippen molar-refractivity contribution in [3.8, 4) is 17.5 Å². The van der Waals surface area contributed by atoms with Gasteiger partial charge in [-0.3, -0.25) is 4.79 Å². The Hall–Kier alpha value is -2.98. The molecule has 2 aromatic rings. The SMILES string of the molecule is COc1cc(C=O)ccc1Oc1nc(NCCO)nc(N2CCOCC2)n1. The number of nitrogens with zero attached hydrogens (tertiary/aromatic N) is 4. The van der Waals surface area contributed by atoms with Gasteiger partial charge >= 0.3 is 6.01 Å². The molecule has 0 bridgehead atoms. The zero-order valence-corrected chi connectivity index (χ0v) is 14.9. The van der Waals surface area contributed by atoms with Crippen LogP contribution in [0.15, 0.2) is 18.2 Å². The van der Waals surface area contributed by atoms with Crippen molar-refractivity contribution in [2.75, 3.05) is 56.8 Å². The molecule has 0 unspecified atom stereocenters. The van der Waals surface area contributed by atoms with Gasteiger partial charge in [-0.1, -0.05) is 0 Å². The molecule has 0 atom stereocenters. The maximum atomic E-state index is 10.9. The number of benzene rings is 1. The van der Waals surface area contributed by atoms with E-state index < -0.39 is 0 Å². The molecule has 0 aliphatic carbocycles. The summed E-state index contributed by atoms with van der Waals surface area (Å²) >= 11 is 0. The van der Waals surface area contributed by atoms with Crippen molar-refractivity contribution in [1.29, 1.82) is 0 Å². The largest absolute Gasteiger partial charge is 0.493 e. The lowest BCUT2D eigenvalue weighted by atomic mass is 10.2. The van der Waals surface area contributed by atoms with E-state index in [4.69, 9.17) is 19.3 Å². The van der Waals surface area contributed by atoms with E-state index in [1.54, 1.807) is 18.2 Å². The minimum atomic E-state index is -0.0598. The maximum Gasteiger partial charge on any atom is 0.328 e. The van der Waals surface area contributed by atoms with E-state index in [0.717, 1.165) is 6.29 Å². The first-order chi connectivity index (χ1) is 13.2. The molecule has 1 fully saturated rings. The summed E-state index contributed by atoms with van der Waals surface area (Å²) in [5.74, 6) is 1.50. The second-order valence-electron chi connectivity index (χ2n) is 5.62. The number of hydrogen-bond donors (Lipinski definition) is 2. The molecule has 1 saturated heterocycles. The summed E-state index contributed by atoms with van der Waals surface area (Å²) in [4.78, 5) is 25.9. The third-order valence-electron chi connectivity index (χ3n) is 3.82. The van der Waals surface area contributed by atoms with Gasteiger partial charge in [0.2, 0.25) is 11.9 Å². The topological polar surface area (TPSA) is 119 Å². The molecule has 144 valence electrons. The average molecular weight is 375 g/mol. The molecule has 10 nitrogen and oxygen atoms in total. The molecule has 0 radical (unpaired) electrons. The molecule has 10 heteroatoms. The van der Waals surface area contributed by atoms with Gasteiger partial charge in [0.1, 0.15) is 6.29 Å². The van der Waals surface area contributed by atoms with Crippen molar-refractivity contribution in [1.82, 2.24) is 15.0 Å². The Labute approximate surface area is 156 Å². The molecule has 27 heavy (non-hydrogen) atoms. The van der Waals surface area contributed by atoms with Crippen molar-refractivity contribution in [3.05, 3.63) is 23.8 Å². The van der Waals surface area contributed by atoms with Gasteiger partial charge in [-0.15, -0.1) is 0 Å². The van der Waals surface area contributed by atoms with Crippen LogP contribution in [0.1, 0.15) is 10.4 Å². The molecule has 1 aliphatic rings. The Morgan fingerprint density at radius 3 is 2.78 bits per heavy atom. The number of aromatic nitrogens is 3. The van der Waals surface area contributed by atoms with Crippen molar-refractivity contribution >= 4 is 18.2 Å². The molecule has 1 aromatic heterocycles. The summed E-state index contributed by atoms with van der Waals surface area (Å²) in [6, 6.07) is 4.86. The molecule has 2 heterocycles. The highest BCUT2D eigenvalue weighted by Crippen LogP contribution is 2.31. The smallest absolute Gasteiger partial charge is 0.328 e. The molecule has 0 amide bonds. The van der Waals surface area contributed by atoms with Gasteiger partial charge in [-0.05, 0) is 18.2 Å². The Morgan fingerprint density at radius 1 is 1.26 bits per heavy atom. The first-order valence-corrected chi connectivity index (χ1v) is 8.48. The molecule has 2 N–H and O–H groups in total. The second-order valence-corrected chi connectivity index (χ2v) is 5.62. The minimum absolute atomic E-state index is 0.0598. The predicted molar refractivity (Wildman–Crippen MR) is 96.9 cm³/mol. The number of aliphatic hydroxyl groups is 1. The van der Waals surface area contributed by atoms with Crippen LogP contribution in [0.4, 0.5) is 11.9 Å². The van der Waals surface area contributed by atoms with E-state index in [-0.39, 0.29) is 12.6 Å². The number of rotatable bonds is 8. The van der Waals surface area contributed by atoms with E-state index in [2.05, 4.69) is 20.3 Å². The average Bonchev–Trinajstić information content (AvgIpc) is 2.73. The molecule has 0 saturated carbocycles. The zero-order chi connectivity index (χ0) is 19.1. The number of carbonyl (C=O) groups is 1. The van der Waals surface area contributed by atoms with Gasteiger partial charge in [0, 0.05) is 25.2 Å². The zero-order valence-electron chi connectivity index (χ0n) is 14.9. The van der Waals surface area contributed by atoms with E-state index in [9.17, 15) is 4.79 Å².